The van der Waals surface area contributed by atoms with Crippen LogP contribution < -0.4 is 0 Å². The van der Waals surface area contributed by atoms with Crippen LogP contribution in [0, 0.1) is 0 Å². The van der Waals surface area contributed by atoms with Crippen molar-refractivity contribution in [2.24, 2.45) is 7.05 Å². The molecule has 3 rings (SSSR count). The molecule has 1 atom stereocenters. The van der Waals surface area contributed by atoms with Gasteiger partial charge in [0.05, 0.1) is 5.56 Å². The lowest BCUT2D eigenvalue weighted by Crippen LogP contribution is -2.25. The molecule has 2 aromatic rings. The lowest BCUT2D eigenvalue weighted by atomic mass is 10.1. The van der Waals surface area contributed by atoms with E-state index in [1.807, 2.05) is 6.92 Å². The van der Waals surface area contributed by atoms with Gasteiger partial charge in [-0.1, -0.05) is 12.1 Å². The van der Waals surface area contributed by atoms with Gasteiger partial charge in [-0.25, -0.2) is 0 Å². The van der Waals surface area contributed by atoms with Gasteiger partial charge in [0.1, 0.15) is 0 Å². The van der Waals surface area contributed by atoms with Gasteiger partial charge in [0.2, 0.25) is 5.91 Å². The van der Waals surface area contributed by atoms with Gasteiger partial charge in [-0.05, 0) is 6.42 Å². The first-order valence-corrected chi connectivity index (χ1v) is 7.52. The summed E-state index contributed by atoms with van der Waals surface area (Å²) in [4.78, 5) is 17.7. The molecule has 0 N–H and O–H groups in total. The van der Waals surface area contributed by atoms with Crippen LogP contribution in [-0.2, 0) is 18.0 Å². The smallest absolute Gasteiger partial charge is 0.342 e. The van der Waals surface area contributed by atoms with Gasteiger partial charge in [0.25, 0.3) is 5.89 Å². The molecule has 7 nitrogen and oxygen atoms in total. The molecule has 10 heteroatoms. The molecular weight excluding hydrogens is 327 g/mol. The van der Waals surface area contributed by atoms with Crippen LogP contribution in [-0.4, -0.2) is 43.8 Å². The van der Waals surface area contributed by atoms with Crippen LogP contribution in [0.15, 0.2) is 10.7 Å². The average molecular weight is 343 g/mol. The number of carbonyl (C=O) groups is 1. The summed E-state index contributed by atoms with van der Waals surface area (Å²) in [6.07, 6.45) is -2.37. The molecule has 1 fully saturated rings. The number of aryl methyl sites for hydroxylation is 1. The molecule has 0 bridgehead atoms. The first kappa shape index (κ1) is 16.5. The fourth-order valence-electron chi connectivity index (χ4n) is 2.80. The Morgan fingerprint density at radius 3 is 2.83 bits per heavy atom. The highest BCUT2D eigenvalue weighted by atomic mass is 19.4. The van der Waals surface area contributed by atoms with Crippen molar-refractivity contribution in [3.63, 3.8) is 0 Å². The Kier molecular flexibility index (Phi) is 4.06. The minimum atomic E-state index is -4.62. The summed E-state index contributed by atoms with van der Waals surface area (Å²) >= 11 is 0. The molecule has 1 aliphatic heterocycles. The molecule has 0 saturated carbocycles. The Morgan fingerprint density at radius 2 is 2.17 bits per heavy atom. The van der Waals surface area contributed by atoms with E-state index in [9.17, 15) is 18.0 Å². The topological polar surface area (TPSA) is 77.1 Å². The van der Waals surface area contributed by atoms with E-state index in [0.717, 1.165) is 11.1 Å². The van der Waals surface area contributed by atoms with Crippen molar-refractivity contribution in [2.45, 2.75) is 31.9 Å². The number of hydrogen-bond acceptors (Lipinski definition) is 5. The summed E-state index contributed by atoms with van der Waals surface area (Å²) in [6, 6.07) is 0. The maximum Gasteiger partial charge on any atom is 0.435 e. The Hall–Kier alpha value is -2.39. The molecule has 2 aromatic heterocycles. The molecule has 130 valence electrons. The molecule has 0 aliphatic carbocycles. The summed E-state index contributed by atoms with van der Waals surface area (Å²) < 4.78 is 45.1. The van der Waals surface area contributed by atoms with Crippen LogP contribution >= 0.6 is 0 Å². The highest BCUT2D eigenvalue weighted by molar-refractivity contribution is 5.79. The first-order valence-electron chi connectivity index (χ1n) is 7.52. The standard InChI is InChI=1S/C14H16F3N5O2/c1-3-4-22-6-8(5-10(22)23)12-18-13(24-20-12)9-7-21(2)19-11(9)14(15,16)17/h7-8H,3-6H2,1-2H3. The van der Waals surface area contributed by atoms with E-state index < -0.39 is 11.9 Å². The number of halogens is 3. The van der Waals surface area contributed by atoms with E-state index in [0.29, 0.717) is 13.1 Å². The lowest BCUT2D eigenvalue weighted by Gasteiger charge is -2.13. The second kappa shape index (κ2) is 5.91. The predicted octanol–water partition coefficient (Wildman–Crippen LogP) is 2.21. The number of hydrogen-bond donors (Lipinski definition) is 0. The predicted molar refractivity (Wildman–Crippen MR) is 75.7 cm³/mol. The first-order chi connectivity index (χ1) is 11.3. The van der Waals surface area contributed by atoms with Gasteiger partial charge in [-0.3, -0.25) is 9.48 Å². The van der Waals surface area contributed by atoms with Gasteiger partial charge < -0.3 is 9.42 Å². The van der Waals surface area contributed by atoms with Crippen LogP contribution in [0.2, 0.25) is 0 Å². The normalized spacial score (nSPS) is 18.6. The van der Waals surface area contributed by atoms with Gasteiger partial charge >= 0.3 is 6.18 Å². The molecule has 1 amide bonds. The maximum atomic E-state index is 13.0. The molecule has 1 unspecified atom stereocenters. The van der Waals surface area contributed by atoms with Crippen molar-refractivity contribution in [3.05, 3.63) is 17.7 Å². The Bertz CT molecular complexity index is 752. The zero-order valence-electron chi connectivity index (χ0n) is 13.2. The van der Waals surface area contributed by atoms with Crippen molar-refractivity contribution in [1.82, 2.24) is 24.8 Å². The van der Waals surface area contributed by atoms with E-state index in [1.54, 1.807) is 4.90 Å². The SMILES string of the molecule is CCCN1CC(c2noc(-c3cn(C)nc3C(F)(F)F)n2)CC1=O. The van der Waals surface area contributed by atoms with E-state index in [4.69, 9.17) is 4.52 Å². The highest BCUT2D eigenvalue weighted by Crippen LogP contribution is 2.36. The monoisotopic (exact) mass is 343 g/mol. The molecular formula is C14H16F3N5O2. The third-order valence-electron chi connectivity index (χ3n) is 3.84. The summed E-state index contributed by atoms with van der Waals surface area (Å²) in [7, 11) is 1.38. The quantitative estimate of drug-likeness (QED) is 0.851. The Labute approximate surface area is 135 Å². The zero-order chi connectivity index (χ0) is 17.5. The maximum absolute atomic E-state index is 13.0. The minimum absolute atomic E-state index is 0.00874. The molecule has 1 saturated heterocycles. The molecule has 24 heavy (non-hydrogen) atoms. The fraction of sp³-hybridized carbons (Fsp3) is 0.571. The van der Waals surface area contributed by atoms with Crippen LogP contribution in [0.25, 0.3) is 11.5 Å². The zero-order valence-corrected chi connectivity index (χ0v) is 13.2. The van der Waals surface area contributed by atoms with Crippen LogP contribution in [0.4, 0.5) is 13.2 Å². The minimum Gasteiger partial charge on any atom is -0.342 e. The van der Waals surface area contributed by atoms with Crippen LogP contribution in [0.3, 0.4) is 0 Å². The number of rotatable bonds is 4. The molecule has 0 spiro atoms. The third kappa shape index (κ3) is 3.00. The number of carbonyl (C=O) groups excluding carboxylic acids is 1. The number of likely N-dealkylation sites (tertiary alicyclic amines) is 1. The van der Waals surface area contributed by atoms with Crippen molar-refractivity contribution in [3.8, 4) is 11.5 Å². The summed E-state index contributed by atoms with van der Waals surface area (Å²) in [5, 5.41) is 7.18. The van der Waals surface area contributed by atoms with Crippen molar-refractivity contribution in [2.75, 3.05) is 13.1 Å². The fourth-order valence-corrected chi connectivity index (χ4v) is 2.80. The van der Waals surface area contributed by atoms with Crippen molar-refractivity contribution < 1.29 is 22.5 Å². The summed E-state index contributed by atoms with van der Waals surface area (Å²) in [5.41, 5.74) is -1.34. The second-order valence-corrected chi connectivity index (χ2v) is 5.76. The summed E-state index contributed by atoms with van der Waals surface area (Å²) in [5.74, 6) is -0.279. The van der Waals surface area contributed by atoms with E-state index in [2.05, 4.69) is 15.2 Å². The molecule has 0 radical (unpaired) electrons. The number of nitrogens with zero attached hydrogens (tertiary/aromatic N) is 5. The lowest BCUT2D eigenvalue weighted by molar-refractivity contribution is -0.141. The van der Waals surface area contributed by atoms with Gasteiger partial charge in [-0.2, -0.15) is 23.3 Å². The third-order valence-corrected chi connectivity index (χ3v) is 3.84. The van der Waals surface area contributed by atoms with Gasteiger partial charge in [0, 0.05) is 38.7 Å². The average Bonchev–Trinajstić information content (AvgIpc) is 3.17. The van der Waals surface area contributed by atoms with Gasteiger partial charge in [0.15, 0.2) is 11.5 Å². The second-order valence-electron chi connectivity index (χ2n) is 5.76. The number of alkyl halides is 3. The van der Waals surface area contributed by atoms with E-state index in [-0.39, 0.29) is 35.5 Å². The van der Waals surface area contributed by atoms with Gasteiger partial charge in [-0.15, -0.1) is 0 Å². The highest BCUT2D eigenvalue weighted by Gasteiger charge is 2.39. The van der Waals surface area contributed by atoms with Crippen molar-refractivity contribution in [1.29, 1.82) is 0 Å². The largest absolute Gasteiger partial charge is 0.435 e. The van der Waals surface area contributed by atoms with Crippen LogP contribution in [0.5, 0.6) is 0 Å². The van der Waals surface area contributed by atoms with Crippen LogP contribution in [0.1, 0.15) is 37.2 Å². The Morgan fingerprint density at radius 1 is 1.42 bits per heavy atom. The molecule has 1 aliphatic rings. The molecule has 0 aromatic carbocycles. The molecule has 3 heterocycles. The summed E-state index contributed by atoms with van der Waals surface area (Å²) in [6.45, 7) is 3.06. The van der Waals surface area contributed by atoms with E-state index >= 15 is 0 Å². The number of aromatic nitrogens is 4. The van der Waals surface area contributed by atoms with Crippen molar-refractivity contribution >= 4 is 5.91 Å². The Balaban J connectivity index is 1.86. The number of amides is 1. The van der Waals surface area contributed by atoms with E-state index in [1.165, 1.54) is 13.2 Å².